The van der Waals surface area contributed by atoms with Crippen LogP contribution in [0.15, 0.2) is 29.4 Å². The summed E-state index contributed by atoms with van der Waals surface area (Å²) in [6.07, 6.45) is 3.05. The van der Waals surface area contributed by atoms with Gasteiger partial charge in [0.05, 0.1) is 11.6 Å². The lowest BCUT2D eigenvalue weighted by Crippen LogP contribution is -1.84. The standard InChI is InChI=1S/C10H7FN4/c11-10-6-8(7-12)3-4-9(10)2-1-5-14-15-13/h1-4,6H,5H2. The van der Waals surface area contributed by atoms with Crippen molar-refractivity contribution in [3.63, 3.8) is 0 Å². The monoisotopic (exact) mass is 202 g/mol. The van der Waals surface area contributed by atoms with Crippen molar-refractivity contribution in [1.82, 2.24) is 0 Å². The van der Waals surface area contributed by atoms with Gasteiger partial charge in [-0.2, -0.15) is 5.26 Å². The largest absolute Gasteiger partial charge is 0.206 e. The Morgan fingerprint density at radius 1 is 1.60 bits per heavy atom. The van der Waals surface area contributed by atoms with Crippen molar-refractivity contribution in [3.8, 4) is 6.07 Å². The van der Waals surface area contributed by atoms with Crippen molar-refractivity contribution in [2.45, 2.75) is 0 Å². The van der Waals surface area contributed by atoms with E-state index in [0.29, 0.717) is 5.56 Å². The summed E-state index contributed by atoms with van der Waals surface area (Å²) in [5.41, 5.74) is 8.64. The molecular formula is C10H7FN4. The van der Waals surface area contributed by atoms with Gasteiger partial charge in [0.25, 0.3) is 0 Å². The van der Waals surface area contributed by atoms with E-state index >= 15 is 0 Å². The van der Waals surface area contributed by atoms with E-state index in [1.54, 1.807) is 6.08 Å². The summed E-state index contributed by atoms with van der Waals surface area (Å²) < 4.78 is 13.2. The fourth-order valence-electron chi connectivity index (χ4n) is 0.995. The summed E-state index contributed by atoms with van der Waals surface area (Å²) in [7, 11) is 0. The number of benzene rings is 1. The van der Waals surface area contributed by atoms with Crippen molar-refractivity contribution in [2.24, 2.45) is 5.11 Å². The summed E-state index contributed by atoms with van der Waals surface area (Å²) in [6, 6.07) is 6.03. The Kier molecular flexibility index (Phi) is 3.90. The zero-order valence-corrected chi connectivity index (χ0v) is 7.76. The molecule has 0 heterocycles. The summed E-state index contributed by atoms with van der Waals surface area (Å²) in [6.45, 7) is 0.177. The number of hydrogen-bond acceptors (Lipinski definition) is 2. The summed E-state index contributed by atoms with van der Waals surface area (Å²) in [5, 5.41) is 11.8. The Balaban J connectivity index is 2.83. The summed E-state index contributed by atoms with van der Waals surface area (Å²) >= 11 is 0. The fraction of sp³-hybridized carbons (Fsp3) is 0.100. The van der Waals surface area contributed by atoms with Crippen LogP contribution in [-0.2, 0) is 0 Å². The molecule has 0 aliphatic carbocycles. The normalized spacial score (nSPS) is 9.60. The molecule has 0 saturated heterocycles. The van der Waals surface area contributed by atoms with Crippen molar-refractivity contribution >= 4 is 6.08 Å². The van der Waals surface area contributed by atoms with Crippen LogP contribution in [-0.4, -0.2) is 6.54 Å². The third-order valence-corrected chi connectivity index (χ3v) is 1.68. The lowest BCUT2D eigenvalue weighted by molar-refractivity contribution is 0.624. The molecule has 15 heavy (non-hydrogen) atoms. The van der Waals surface area contributed by atoms with Crippen LogP contribution in [0.2, 0.25) is 0 Å². The molecule has 0 aromatic heterocycles. The molecule has 1 aromatic rings. The molecule has 4 nitrogen and oxygen atoms in total. The van der Waals surface area contributed by atoms with Crippen LogP contribution in [0.3, 0.4) is 0 Å². The van der Waals surface area contributed by atoms with Gasteiger partial charge in [0.1, 0.15) is 5.82 Å². The summed E-state index contributed by atoms with van der Waals surface area (Å²) in [4.78, 5) is 2.55. The average molecular weight is 202 g/mol. The van der Waals surface area contributed by atoms with Gasteiger partial charge in [0, 0.05) is 17.0 Å². The van der Waals surface area contributed by atoms with E-state index in [-0.39, 0.29) is 12.1 Å². The number of nitrogens with zero attached hydrogens (tertiary/aromatic N) is 4. The molecule has 1 aromatic carbocycles. The molecule has 0 amide bonds. The predicted molar refractivity (Wildman–Crippen MR) is 54.2 cm³/mol. The zero-order valence-electron chi connectivity index (χ0n) is 7.76. The number of halogens is 1. The van der Waals surface area contributed by atoms with Gasteiger partial charge in [-0.05, 0) is 17.7 Å². The van der Waals surface area contributed by atoms with Gasteiger partial charge < -0.3 is 0 Å². The van der Waals surface area contributed by atoms with Crippen LogP contribution >= 0.6 is 0 Å². The van der Waals surface area contributed by atoms with E-state index in [2.05, 4.69) is 10.0 Å². The molecule has 0 aliphatic rings. The van der Waals surface area contributed by atoms with E-state index in [0.717, 1.165) is 6.07 Å². The minimum absolute atomic E-state index is 0.177. The van der Waals surface area contributed by atoms with Gasteiger partial charge in [-0.25, -0.2) is 4.39 Å². The van der Waals surface area contributed by atoms with Gasteiger partial charge in [-0.1, -0.05) is 23.3 Å². The first-order valence-corrected chi connectivity index (χ1v) is 4.15. The summed E-state index contributed by atoms with van der Waals surface area (Å²) in [5.74, 6) is -0.466. The Hall–Kier alpha value is -2.31. The van der Waals surface area contributed by atoms with Crippen LogP contribution in [0, 0.1) is 17.1 Å². The second-order valence-corrected chi connectivity index (χ2v) is 2.66. The third-order valence-electron chi connectivity index (χ3n) is 1.68. The van der Waals surface area contributed by atoms with E-state index in [1.165, 1.54) is 18.2 Å². The molecule has 0 bridgehead atoms. The third kappa shape index (κ3) is 3.14. The average Bonchev–Trinajstić information content (AvgIpc) is 2.26. The maximum Gasteiger partial charge on any atom is 0.131 e. The second-order valence-electron chi connectivity index (χ2n) is 2.66. The predicted octanol–water partition coefficient (Wildman–Crippen LogP) is 3.02. The van der Waals surface area contributed by atoms with Crippen LogP contribution in [0.1, 0.15) is 11.1 Å². The first-order valence-electron chi connectivity index (χ1n) is 4.15. The molecule has 0 atom stereocenters. The lowest BCUT2D eigenvalue weighted by Gasteiger charge is -1.96. The molecule has 0 spiro atoms. The number of nitriles is 1. The van der Waals surface area contributed by atoms with Gasteiger partial charge in [0.2, 0.25) is 0 Å². The molecule has 0 saturated carbocycles. The topological polar surface area (TPSA) is 72.5 Å². The van der Waals surface area contributed by atoms with E-state index in [4.69, 9.17) is 10.8 Å². The second kappa shape index (κ2) is 5.43. The Morgan fingerprint density at radius 2 is 2.40 bits per heavy atom. The Bertz CT molecular complexity index is 467. The smallest absolute Gasteiger partial charge is 0.131 e. The molecule has 74 valence electrons. The van der Waals surface area contributed by atoms with Gasteiger partial charge in [-0.3, -0.25) is 0 Å². The van der Waals surface area contributed by atoms with E-state index < -0.39 is 5.82 Å². The van der Waals surface area contributed by atoms with Crippen molar-refractivity contribution in [3.05, 3.63) is 51.7 Å². The van der Waals surface area contributed by atoms with Crippen molar-refractivity contribution in [1.29, 1.82) is 5.26 Å². The highest BCUT2D eigenvalue weighted by Gasteiger charge is 1.99. The molecule has 0 aliphatic heterocycles. The van der Waals surface area contributed by atoms with Gasteiger partial charge in [0.15, 0.2) is 0 Å². The molecule has 5 heteroatoms. The number of hydrogen-bond donors (Lipinski definition) is 0. The van der Waals surface area contributed by atoms with Crippen molar-refractivity contribution < 1.29 is 4.39 Å². The maximum absolute atomic E-state index is 13.2. The van der Waals surface area contributed by atoms with Crippen molar-refractivity contribution in [2.75, 3.05) is 6.54 Å². The van der Waals surface area contributed by atoms with Crippen LogP contribution < -0.4 is 0 Å². The van der Waals surface area contributed by atoms with Crippen LogP contribution in [0.25, 0.3) is 16.5 Å². The first-order chi connectivity index (χ1) is 7.27. The van der Waals surface area contributed by atoms with E-state index in [9.17, 15) is 4.39 Å². The van der Waals surface area contributed by atoms with Gasteiger partial charge >= 0.3 is 0 Å². The SMILES string of the molecule is N#Cc1ccc(C=CCN=[N+]=[N-])c(F)c1. The fourth-order valence-corrected chi connectivity index (χ4v) is 0.995. The maximum atomic E-state index is 13.2. The molecule has 0 unspecified atom stereocenters. The van der Waals surface area contributed by atoms with Crippen LogP contribution in [0.5, 0.6) is 0 Å². The Morgan fingerprint density at radius 3 is 3.00 bits per heavy atom. The number of azide groups is 1. The quantitative estimate of drug-likeness (QED) is 0.421. The Labute approximate surface area is 85.9 Å². The minimum atomic E-state index is -0.466. The molecule has 0 N–H and O–H groups in total. The van der Waals surface area contributed by atoms with E-state index in [1.807, 2.05) is 6.07 Å². The highest BCUT2D eigenvalue weighted by Crippen LogP contribution is 2.11. The highest BCUT2D eigenvalue weighted by molar-refractivity contribution is 5.52. The lowest BCUT2D eigenvalue weighted by atomic mass is 10.1. The zero-order chi connectivity index (χ0) is 11.1. The molecular weight excluding hydrogens is 195 g/mol. The minimum Gasteiger partial charge on any atom is -0.206 e. The molecule has 1 rings (SSSR count). The molecule has 0 fully saturated rings. The van der Waals surface area contributed by atoms with Gasteiger partial charge in [-0.15, -0.1) is 0 Å². The molecule has 0 radical (unpaired) electrons. The number of rotatable bonds is 3. The van der Waals surface area contributed by atoms with Crippen LogP contribution in [0.4, 0.5) is 4.39 Å². The highest BCUT2D eigenvalue weighted by atomic mass is 19.1. The first kappa shape index (κ1) is 10.8.